The Morgan fingerprint density at radius 1 is 1.00 bits per heavy atom. The van der Waals surface area contributed by atoms with Gasteiger partial charge in [0.2, 0.25) is 0 Å². The second-order valence-electron chi connectivity index (χ2n) is 0.962. The van der Waals surface area contributed by atoms with Gasteiger partial charge in [-0.25, -0.2) is 12.1 Å². The van der Waals surface area contributed by atoms with E-state index in [-0.39, 0.29) is 58.2 Å². The van der Waals surface area contributed by atoms with Crippen molar-refractivity contribution in [2.75, 3.05) is 0 Å². The van der Waals surface area contributed by atoms with Gasteiger partial charge < -0.3 is 0 Å². The molecule has 0 heterocycles. The minimum atomic E-state index is 0. The van der Waals surface area contributed by atoms with Gasteiger partial charge in [-0.3, -0.25) is 0 Å². The summed E-state index contributed by atoms with van der Waals surface area (Å²) in [7, 11) is 0. The standard InChI is InChI=1S/C5H5.Rb/c1-2-4-5-3-1;/h1-5H;/q-1;+1. The molecule has 0 atom stereocenters. The van der Waals surface area contributed by atoms with Crippen LogP contribution in [0.3, 0.4) is 0 Å². The molecule has 0 saturated carbocycles. The van der Waals surface area contributed by atoms with Gasteiger partial charge in [0.25, 0.3) is 0 Å². The van der Waals surface area contributed by atoms with Crippen LogP contribution in [0.5, 0.6) is 0 Å². The molecule has 0 N–H and O–H groups in total. The van der Waals surface area contributed by atoms with Crippen LogP contribution in [0.2, 0.25) is 0 Å². The fourth-order valence-corrected chi connectivity index (χ4v) is 0.321. The van der Waals surface area contributed by atoms with Crippen molar-refractivity contribution in [1.82, 2.24) is 0 Å². The summed E-state index contributed by atoms with van der Waals surface area (Å²) >= 11 is 0. The van der Waals surface area contributed by atoms with E-state index in [9.17, 15) is 0 Å². The van der Waals surface area contributed by atoms with Gasteiger partial charge in [-0.15, -0.1) is 0 Å². The molecule has 0 spiro atoms. The van der Waals surface area contributed by atoms with Crippen molar-refractivity contribution in [1.29, 1.82) is 0 Å². The summed E-state index contributed by atoms with van der Waals surface area (Å²) in [5.41, 5.74) is 0. The van der Waals surface area contributed by atoms with Gasteiger partial charge in [0.1, 0.15) is 0 Å². The Balaban J connectivity index is 0.000000250. The summed E-state index contributed by atoms with van der Waals surface area (Å²) in [6, 6.07) is 10.0. The first kappa shape index (κ1) is 7.16. The third-order valence-corrected chi connectivity index (χ3v) is 0.556. The summed E-state index contributed by atoms with van der Waals surface area (Å²) in [4.78, 5) is 0. The van der Waals surface area contributed by atoms with Gasteiger partial charge >= 0.3 is 58.2 Å². The van der Waals surface area contributed by atoms with Crippen LogP contribution >= 0.6 is 0 Å². The molecule has 0 amide bonds. The van der Waals surface area contributed by atoms with Gasteiger partial charge in [0, 0.05) is 0 Å². The molecule has 1 aromatic rings. The van der Waals surface area contributed by atoms with E-state index in [0.717, 1.165) is 0 Å². The van der Waals surface area contributed by atoms with Crippen LogP contribution in [0, 0.1) is 0 Å². The molecule has 0 unspecified atom stereocenters. The minimum Gasteiger partial charge on any atom is -0.214 e. The smallest absolute Gasteiger partial charge is 0.214 e. The molecular formula is C5H5Rb. The van der Waals surface area contributed by atoms with Crippen LogP contribution in [0.1, 0.15) is 0 Å². The molecular weight excluding hydrogens is 146 g/mol. The maximum atomic E-state index is 2.00. The second-order valence-corrected chi connectivity index (χ2v) is 0.962. The minimum absolute atomic E-state index is 0. The fourth-order valence-electron chi connectivity index (χ4n) is 0.321. The van der Waals surface area contributed by atoms with Crippen LogP contribution < -0.4 is 58.2 Å². The molecule has 0 nitrogen and oxygen atoms in total. The van der Waals surface area contributed by atoms with E-state index in [2.05, 4.69) is 0 Å². The van der Waals surface area contributed by atoms with Gasteiger partial charge in [-0.1, -0.05) is 0 Å². The molecule has 0 bridgehead atoms. The third-order valence-electron chi connectivity index (χ3n) is 0.556. The van der Waals surface area contributed by atoms with Gasteiger partial charge in [-0.05, 0) is 0 Å². The summed E-state index contributed by atoms with van der Waals surface area (Å²) < 4.78 is 0. The first-order valence-corrected chi connectivity index (χ1v) is 1.67. The van der Waals surface area contributed by atoms with Gasteiger partial charge in [0.15, 0.2) is 0 Å². The van der Waals surface area contributed by atoms with Crippen LogP contribution in [-0.2, 0) is 0 Å². The molecule has 0 aliphatic heterocycles. The second kappa shape index (κ2) is 4.32. The monoisotopic (exact) mass is 150 g/mol. The zero-order valence-electron chi connectivity index (χ0n) is 3.89. The maximum absolute atomic E-state index is 2.00. The van der Waals surface area contributed by atoms with Crippen molar-refractivity contribution >= 4 is 0 Å². The zero-order valence-corrected chi connectivity index (χ0v) is 8.80. The van der Waals surface area contributed by atoms with Crippen LogP contribution in [0.15, 0.2) is 30.3 Å². The van der Waals surface area contributed by atoms with Crippen LogP contribution in [0.4, 0.5) is 0 Å². The molecule has 1 aromatic carbocycles. The molecule has 0 radical (unpaired) electrons. The Kier molecular flexibility index (Phi) is 5.15. The van der Waals surface area contributed by atoms with Crippen molar-refractivity contribution in [2.24, 2.45) is 0 Å². The average Bonchev–Trinajstić information content (AvgIpc) is 1.76. The SMILES string of the molecule is [Rb+].c1cc[cH-]c1. The number of hydrogen-bond donors (Lipinski definition) is 0. The molecule has 0 aliphatic carbocycles. The van der Waals surface area contributed by atoms with E-state index >= 15 is 0 Å². The molecule has 0 fully saturated rings. The predicted molar refractivity (Wildman–Crippen MR) is 22.0 cm³/mol. The Morgan fingerprint density at radius 2 is 1.50 bits per heavy atom. The van der Waals surface area contributed by atoms with Crippen LogP contribution in [0.25, 0.3) is 0 Å². The van der Waals surface area contributed by atoms with Crippen LogP contribution in [-0.4, -0.2) is 0 Å². The maximum Gasteiger partial charge on any atom is 1.00 e. The van der Waals surface area contributed by atoms with Crippen molar-refractivity contribution in [3.05, 3.63) is 30.3 Å². The summed E-state index contributed by atoms with van der Waals surface area (Å²) in [6.45, 7) is 0. The van der Waals surface area contributed by atoms with E-state index in [1.54, 1.807) is 0 Å². The molecule has 0 aliphatic rings. The zero-order chi connectivity index (χ0) is 3.54. The molecule has 0 saturated heterocycles. The van der Waals surface area contributed by atoms with E-state index in [1.165, 1.54) is 0 Å². The Morgan fingerprint density at radius 3 is 1.67 bits per heavy atom. The van der Waals surface area contributed by atoms with Crippen molar-refractivity contribution in [3.63, 3.8) is 0 Å². The number of hydrogen-bond acceptors (Lipinski definition) is 0. The van der Waals surface area contributed by atoms with E-state index in [1.807, 2.05) is 30.3 Å². The quantitative estimate of drug-likeness (QED) is 0.392. The molecule has 6 heavy (non-hydrogen) atoms. The first-order chi connectivity index (χ1) is 2.50. The van der Waals surface area contributed by atoms with E-state index < -0.39 is 0 Å². The Bertz CT molecular complexity index is 60.4. The van der Waals surface area contributed by atoms with E-state index in [4.69, 9.17) is 0 Å². The fraction of sp³-hybridized carbons (Fsp3) is 0. The largest absolute Gasteiger partial charge is 1.00 e. The summed E-state index contributed by atoms with van der Waals surface area (Å²) in [5.74, 6) is 0. The van der Waals surface area contributed by atoms with E-state index in [0.29, 0.717) is 0 Å². The van der Waals surface area contributed by atoms with Gasteiger partial charge in [-0.2, -0.15) is 18.2 Å². The molecule has 1 heteroatoms. The molecule has 1 rings (SSSR count). The summed E-state index contributed by atoms with van der Waals surface area (Å²) in [5, 5.41) is 0. The van der Waals surface area contributed by atoms with Crippen molar-refractivity contribution in [2.45, 2.75) is 0 Å². The van der Waals surface area contributed by atoms with Crippen molar-refractivity contribution < 1.29 is 58.2 Å². The molecule has 26 valence electrons. The Hall–Kier alpha value is 1.16. The molecule has 0 aromatic heterocycles. The topological polar surface area (TPSA) is 0 Å². The third kappa shape index (κ3) is 2.35. The van der Waals surface area contributed by atoms with Crippen molar-refractivity contribution in [3.8, 4) is 0 Å². The summed E-state index contributed by atoms with van der Waals surface area (Å²) in [6.07, 6.45) is 0. The number of rotatable bonds is 0. The predicted octanol–water partition coefficient (Wildman–Crippen LogP) is -1.59. The van der Waals surface area contributed by atoms with Gasteiger partial charge in [0.05, 0.1) is 0 Å². The normalized spacial score (nSPS) is 6.67. The first-order valence-electron chi connectivity index (χ1n) is 1.67. The average molecular weight is 151 g/mol. The Labute approximate surface area is 86.7 Å².